The second kappa shape index (κ2) is 6.15. The van der Waals surface area contributed by atoms with Crippen molar-refractivity contribution in [1.82, 2.24) is 0 Å². The van der Waals surface area contributed by atoms with Crippen LogP contribution >= 0.6 is 15.9 Å². The maximum atomic E-state index is 5.06. The Bertz CT molecular complexity index is 806. The predicted octanol–water partition coefficient (Wildman–Crippen LogP) is 5.89. The number of halogens is 1. The van der Waals surface area contributed by atoms with E-state index in [4.69, 9.17) is 4.74 Å². The van der Waals surface area contributed by atoms with Gasteiger partial charge >= 0.3 is 0 Å². The lowest BCUT2D eigenvalue weighted by Gasteiger charge is -2.11. The average Bonchev–Trinajstić information content (AvgIpc) is 2.54. The fraction of sp³-hybridized carbons (Fsp3) is 0.0526. The highest BCUT2D eigenvalue weighted by Gasteiger charge is 2.08. The van der Waals surface area contributed by atoms with Crippen molar-refractivity contribution in [3.05, 3.63) is 77.0 Å². The second-order valence-corrected chi connectivity index (χ2v) is 5.62. The molecule has 3 aromatic rings. The summed E-state index contributed by atoms with van der Waals surface area (Å²) in [4.78, 5) is 0. The summed E-state index contributed by atoms with van der Waals surface area (Å²) in [6.07, 6.45) is 3.70. The fourth-order valence-corrected chi connectivity index (χ4v) is 3.00. The Morgan fingerprint density at radius 3 is 2.33 bits per heavy atom. The Morgan fingerprint density at radius 2 is 1.52 bits per heavy atom. The van der Waals surface area contributed by atoms with Gasteiger partial charge in [-0.1, -0.05) is 70.5 Å². The number of hydrogen-bond acceptors (Lipinski definition) is 1. The summed E-state index contributed by atoms with van der Waals surface area (Å²) in [6, 6.07) is 21.0. The van der Waals surface area contributed by atoms with Crippen molar-refractivity contribution in [2.24, 2.45) is 0 Å². The zero-order chi connectivity index (χ0) is 14.7. The van der Waals surface area contributed by atoms with Crippen molar-refractivity contribution < 1.29 is 4.74 Å². The molecular weight excluding hydrogens is 324 g/mol. The van der Waals surface area contributed by atoms with E-state index >= 15 is 0 Å². The van der Waals surface area contributed by atoms with Crippen LogP contribution in [0, 0.1) is 0 Å². The van der Waals surface area contributed by atoms with E-state index in [1.807, 2.05) is 12.1 Å². The standard InChI is InChI=1S/C19H15BrO/c1-21-13-12-14-6-2-3-7-15(14)17-10-11-19(20)18-9-5-4-8-16(17)18/h2-13H,1H3/b13-12+. The van der Waals surface area contributed by atoms with Crippen LogP contribution in [-0.4, -0.2) is 7.11 Å². The Labute approximate surface area is 133 Å². The molecule has 0 aliphatic heterocycles. The molecule has 0 aliphatic rings. The predicted molar refractivity (Wildman–Crippen MR) is 93.1 cm³/mol. The first-order valence-electron chi connectivity index (χ1n) is 6.77. The van der Waals surface area contributed by atoms with E-state index < -0.39 is 0 Å². The summed E-state index contributed by atoms with van der Waals surface area (Å²) >= 11 is 3.63. The van der Waals surface area contributed by atoms with Gasteiger partial charge in [0.1, 0.15) is 0 Å². The van der Waals surface area contributed by atoms with Gasteiger partial charge in [0.25, 0.3) is 0 Å². The molecule has 0 fully saturated rings. The molecule has 0 unspecified atom stereocenters. The van der Waals surface area contributed by atoms with Crippen molar-refractivity contribution in [3.63, 3.8) is 0 Å². The van der Waals surface area contributed by atoms with Crippen molar-refractivity contribution in [3.8, 4) is 11.1 Å². The third-order valence-corrected chi connectivity index (χ3v) is 4.20. The molecule has 0 aromatic heterocycles. The van der Waals surface area contributed by atoms with E-state index in [0.717, 1.165) is 10.0 Å². The van der Waals surface area contributed by atoms with Gasteiger partial charge in [0.05, 0.1) is 13.4 Å². The Balaban J connectivity index is 2.27. The largest absolute Gasteiger partial charge is 0.504 e. The molecule has 104 valence electrons. The Hall–Kier alpha value is -2.06. The van der Waals surface area contributed by atoms with Crippen molar-refractivity contribution in [1.29, 1.82) is 0 Å². The topological polar surface area (TPSA) is 9.23 Å². The molecule has 0 bridgehead atoms. The summed E-state index contributed by atoms with van der Waals surface area (Å²) in [5, 5.41) is 2.46. The maximum absolute atomic E-state index is 5.06. The van der Waals surface area contributed by atoms with E-state index in [1.165, 1.54) is 21.9 Å². The summed E-state index contributed by atoms with van der Waals surface area (Å²) < 4.78 is 6.17. The van der Waals surface area contributed by atoms with Gasteiger partial charge in [0.15, 0.2) is 0 Å². The molecule has 2 heteroatoms. The molecule has 0 N–H and O–H groups in total. The van der Waals surface area contributed by atoms with Gasteiger partial charge in [-0.2, -0.15) is 0 Å². The van der Waals surface area contributed by atoms with E-state index in [-0.39, 0.29) is 0 Å². The Morgan fingerprint density at radius 1 is 0.810 bits per heavy atom. The minimum absolute atomic E-state index is 1.12. The number of methoxy groups -OCH3 is 1. The summed E-state index contributed by atoms with van der Waals surface area (Å²) in [6.45, 7) is 0. The number of fused-ring (bicyclic) bond motifs is 1. The molecule has 21 heavy (non-hydrogen) atoms. The highest BCUT2D eigenvalue weighted by atomic mass is 79.9. The minimum Gasteiger partial charge on any atom is -0.504 e. The highest BCUT2D eigenvalue weighted by Crippen LogP contribution is 2.35. The van der Waals surface area contributed by atoms with Crippen molar-refractivity contribution >= 4 is 32.8 Å². The summed E-state index contributed by atoms with van der Waals surface area (Å²) in [7, 11) is 1.66. The van der Waals surface area contributed by atoms with Crippen LogP contribution in [0.25, 0.3) is 28.0 Å². The van der Waals surface area contributed by atoms with Gasteiger partial charge in [0.2, 0.25) is 0 Å². The van der Waals surface area contributed by atoms with Gasteiger partial charge in [0, 0.05) is 4.47 Å². The lowest BCUT2D eigenvalue weighted by atomic mass is 9.95. The lowest BCUT2D eigenvalue weighted by molar-refractivity contribution is 0.341. The van der Waals surface area contributed by atoms with Crippen LogP contribution < -0.4 is 0 Å². The van der Waals surface area contributed by atoms with Gasteiger partial charge in [-0.15, -0.1) is 0 Å². The summed E-state index contributed by atoms with van der Waals surface area (Å²) in [5.41, 5.74) is 3.58. The molecule has 0 saturated carbocycles. The maximum Gasteiger partial charge on any atom is 0.0830 e. The van der Waals surface area contributed by atoms with E-state index in [2.05, 4.69) is 70.5 Å². The monoisotopic (exact) mass is 338 g/mol. The van der Waals surface area contributed by atoms with Gasteiger partial charge in [-0.3, -0.25) is 0 Å². The first-order chi connectivity index (χ1) is 10.3. The molecule has 3 rings (SSSR count). The molecule has 1 nitrogen and oxygen atoms in total. The van der Waals surface area contributed by atoms with Crippen LogP contribution in [0.3, 0.4) is 0 Å². The first kappa shape index (κ1) is 13.9. The number of ether oxygens (including phenoxy) is 1. The summed E-state index contributed by atoms with van der Waals surface area (Å²) in [5.74, 6) is 0. The van der Waals surface area contributed by atoms with E-state index in [1.54, 1.807) is 13.4 Å². The molecule has 0 radical (unpaired) electrons. The number of benzene rings is 3. The second-order valence-electron chi connectivity index (χ2n) is 4.77. The van der Waals surface area contributed by atoms with Crippen LogP contribution in [0.4, 0.5) is 0 Å². The first-order valence-corrected chi connectivity index (χ1v) is 7.56. The highest BCUT2D eigenvalue weighted by molar-refractivity contribution is 9.10. The Kier molecular flexibility index (Phi) is 4.07. The number of hydrogen-bond donors (Lipinski definition) is 0. The SMILES string of the molecule is CO/C=C/c1ccccc1-c1ccc(Br)c2ccccc12. The smallest absolute Gasteiger partial charge is 0.0830 e. The lowest BCUT2D eigenvalue weighted by Crippen LogP contribution is -1.86. The molecular formula is C19H15BrO. The molecule has 0 aliphatic carbocycles. The molecule has 0 saturated heterocycles. The quantitative estimate of drug-likeness (QED) is 0.541. The van der Waals surface area contributed by atoms with Crippen LogP contribution in [0.5, 0.6) is 0 Å². The molecule has 0 atom stereocenters. The molecule has 0 heterocycles. The zero-order valence-electron chi connectivity index (χ0n) is 11.7. The normalized spacial score (nSPS) is 11.1. The van der Waals surface area contributed by atoms with Crippen molar-refractivity contribution in [2.45, 2.75) is 0 Å². The zero-order valence-corrected chi connectivity index (χ0v) is 13.3. The van der Waals surface area contributed by atoms with Crippen LogP contribution in [0.2, 0.25) is 0 Å². The molecule has 0 amide bonds. The van der Waals surface area contributed by atoms with Crippen molar-refractivity contribution in [2.75, 3.05) is 7.11 Å². The van der Waals surface area contributed by atoms with E-state index in [0.29, 0.717) is 0 Å². The minimum atomic E-state index is 1.12. The molecule has 3 aromatic carbocycles. The van der Waals surface area contributed by atoms with Crippen LogP contribution in [0.15, 0.2) is 71.4 Å². The molecule has 0 spiro atoms. The average molecular weight is 339 g/mol. The third-order valence-electron chi connectivity index (χ3n) is 3.51. The third kappa shape index (κ3) is 2.72. The van der Waals surface area contributed by atoms with Gasteiger partial charge in [-0.25, -0.2) is 0 Å². The van der Waals surface area contributed by atoms with Gasteiger partial charge < -0.3 is 4.74 Å². The van der Waals surface area contributed by atoms with Gasteiger partial charge in [-0.05, 0) is 39.6 Å². The van der Waals surface area contributed by atoms with Crippen LogP contribution in [-0.2, 0) is 4.74 Å². The fourth-order valence-electron chi connectivity index (χ4n) is 2.53. The number of rotatable bonds is 3. The van der Waals surface area contributed by atoms with Crippen LogP contribution in [0.1, 0.15) is 5.56 Å². The van der Waals surface area contributed by atoms with E-state index in [9.17, 15) is 0 Å².